The molecule has 4 nitrogen and oxygen atoms in total. The molecule has 21 heavy (non-hydrogen) atoms. The Morgan fingerprint density at radius 1 is 1.24 bits per heavy atom. The molecule has 1 aliphatic heterocycles. The Morgan fingerprint density at radius 2 is 1.76 bits per heavy atom. The first kappa shape index (κ1) is 18.2. The lowest BCUT2D eigenvalue weighted by molar-refractivity contribution is -0.139. The van der Waals surface area contributed by atoms with Crippen LogP contribution in [0.1, 0.15) is 47.5 Å². The molecular formula is C17H32N2O2. The molecule has 4 heteroatoms. The highest BCUT2D eigenvalue weighted by Crippen LogP contribution is 2.34. The fourth-order valence-electron chi connectivity index (χ4n) is 3.38. The normalized spacial score (nSPS) is 22.4. The topological polar surface area (TPSA) is 41.6 Å². The molecule has 1 saturated heterocycles. The molecule has 122 valence electrons. The predicted octanol–water partition coefficient (Wildman–Crippen LogP) is 2.59. The van der Waals surface area contributed by atoms with Gasteiger partial charge in [0, 0.05) is 23.2 Å². The molecule has 1 heterocycles. The minimum atomic E-state index is -0.189. The maximum Gasteiger partial charge on any atom is 0.333 e. The number of carbonyl (C=O) groups excluding carboxylic acids is 1. The van der Waals surface area contributed by atoms with Gasteiger partial charge in [0.15, 0.2) is 0 Å². The molecule has 1 aliphatic rings. The lowest BCUT2D eigenvalue weighted by Crippen LogP contribution is -2.57. The van der Waals surface area contributed by atoms with Crippen molar-refractivity contribution in [3.8, 4) is 0 Å². The SMILES string of the molecule is CC(=CC1CC(C)(C)NC(C)(C)C1)C(=O)OCCN(C)C. The van der Waals surface area contributed by atoms with Crippen LogP contribution in [-0.4, -0.2) is 49.2 Å². The van der Waals surface area contributed by atoms with E-state index in [1.54, 1.807) is 0 Å². The van der Waals surface area contributed by atoms with Crippen molar-refractivity contribution in [2.45, 2.75) is 58.5 Å². The van der Waals surface area contributed by atoms with E-state index in [4.69, 9.17) is 4.74 Å². The van der Waals surface area contributed by atoms with Crippen molar-refractivity contribution in [1.82, 2.24) is 10.2 Å². The third-order valence-corrected chi connectivity index (χ3v) is 3.80. The number of hydrogen-bond acceptors (Lipinski definition) is 4. The molecule has 0 unspecified atom stereocenters. The molecule has 0 amide bonds. The van der Waals surface area contributed by atoms with Crippen molar-refractivity contribution < 1.29 is 9.53 Å². The van der Waals surface area contributed by atoms with Gasteiger partial charge in [0.2, 0.25) is 0 Å². The summed E-state index contributed by atoms with van der Waals surface area (Å²) in [5, 5.41) is 3.66. The first-order valence-corrected chi connectivity index (χ1v) is 7.80. The molecule has 0 aromatic carbocycles. The summed E-state index contributed by atoms with van der Waals surface area (Å²) in [6.45, 7) is 11.9. The fourth-order valence-corrected chi connectivity index (χ4v) is 3.38. The molecule has 0 aromatic rings. The molecular weight excluding hydrogens is 264 g/mol. The summed E-state index contributed by atoms with van der Waals surface area (Å²) in [6, 6.07) is 0. The number of ether oxygens (including phenoxy) is 1. The third-order valence-electron chi connectivity index (χ3n) is 3.80. The van der Waals surface area contributed by atoms with Gasteiger partial charge in [-0.1, -0.05) is 6.08 Å². The van der Waals surface area contributed by atoms with Crippen molar-refractivity contribution in [2.24, 2.45) is 5.92 Å². The lowest BCUT2D eigenvalue weighted by Gasteiger charge is -2.46. The number of rotatable bonds is 5. The first-order chi connectivity index (χ1) is 9.51. The van der Waals surface area contributed by atoms with Gasteiger partial charge in [0.05, 0.1) is 0 Å². The Labute approximate surface area is 129 Å². The standard InChI is InChI=1S/C17H32N2O2/c1-13(15(20)21-9-8-19(6)7)10-14-11-16(2,3)18-17(4,5)12-14/h10,14,18H,8-9,11-12H2,1-7H3. The Balaban J connectivity index is 2.61. The Morgan fingerprint density at radius 3 is 2.24 bits per heavy atom. The van der Waals surface area contributed by atoms with Crippen LogP contribution in [-0.2, 0) is 9.53 Å². The molecule has 0 aliphatic carbocycles. The lowest BCUT2D eigenvalue weighted by atomic mass is 9.75. The van der Waals surface area contributed by atoms with Gasteiger partial charge in [0.25, 0.3) is 0 Å². The van der Waals surface area contributed by atoms with Gasteiger partial charge in [0.1, 0.15) is 6.61 Å². The number of carbonyl (C=O) groups is 1. The highest BCUT2D eigenvalue weighted by atomic mass is 16.5. The number of likely N-dealkylation sites (N-methyl/N-ethyl adjacent to an activating group) is 1. The number of esters is 1. The van der Waals surface area contributed by atoms with E-state index >= 15 is 0 Å². The van der Waals surface area contributed by atoms with Crippen LogP contribution >= 0.6 is 0 Å². The highest BCUT2D eigenvalue weighted by Gasteiger charge is 2.36. The number of piperidine rings is 1. The van der Waals surface area contributed by atoms with Gasteiger partial charge in [-0.2, -0.15) is 0 Å². The van der Waals surface area contributed by atoms with E-state index < -0.39 is 0 Å². The van der Waals surface area contributed by atoms with E-state index in [1.165, 1.54) is 0 Å². The Kier molecular flexibility index (Phi) is 6.00. The summed E-state index contributed by atoms with van der Waals surface area (Å²) >= 11 is 0. The maximum atomic E-state index is 12.0. The van der Waals surface area contributed by atoms with Crippen LogP contribution in [0.2, 0.25) is 0 Å². The van der Waals surface area contributed by atoms with Gasteiger partial charge in [-0.05, 0) is 67.5 Å². The van der Waals surface area contributed by atoms with E-state index in [-0.39, 0.29) is 17.0 Å². The van der Waals surface area contributed by atoms with Crippen molar-refractivity contribution in [3.63, 3.8) is 0 Å². The van der Waals surface area contributed by atoms with E-state index in [2.05, 4.69) is 39.1 Å². The average molecular weight is 296 g/mol. The van der Waals surface area contributed by atoms with Crippen LogP contribution in [0.5, 0.6) is 0 Å². The molecule has 1 fully saturated rings. The van der Waals surface area contributed by atoms with Crippen molar-refractivity contribution in [1.29, 1.82) is 0 Å². The van der Waals surface area contributed by atoms with Gasteiger partial charge >= 0.3 is 5.97 Å². The molecule has 1 rings (SSSR count). The minimum Gasteiger partial charge on any atom is -0.461 e. The molecule has 0 bridgehead atoms. The largest absolute Gasteiger partial charge is 0.461 e. The maximum absolute atomic E-state index is 12.0. The second kappa shape index (κ2) is 6.93. The first-order valence-electron chi connectivity index (χ1n) is 7.80. The average Bonchev–Trinajstić information content (AvgIpc) is 2.23. The van der Waals surface area contributed by atoms with Gasteiger partial charge in [-0.15, -0.1) is 0 Å². The van der Waals surface area contributed by atoms with E-state index in [0.29, 0.717) is 12.5 Å². The molecule has 0 saturated carbocycles. The van der Waals surface area contributed by atoms with E-state index in [0.717, 1.165) is 25.0 Å². The summed E-state index contributed by atoms with van der Waals surface area (Å²) in [6.07, 6.45) is 4.18. The summed E-state index contributed by atoms with van der Waals surface area (Å²) in [5.74, 6) is 0.226. The summed E-state index contributed by atoms with van der Waals surface area (Å²) < 4.78 is 5.30. The monoisotopic (exact) mass is 296 g/mol. The van der Waals surface area contributed by atoms with Crippen molar-refractivity contribution >= 4 is 5.97 Å². The second-order valence-electron chi connectivity index (χ2n) is 7.85. The number of hydrogen-bond donors (Lipinski definition) is 1. The van der Waals surface area contributed by atoms with Crippen LogP contribution in [0.3, 0.4) is 0 Å². The zero-order valence-electron chi connectivity index (χ0n) is 14.7. The number of allylic oxidation sites excluding steroid dienone is 1. The third kappa shape index (κ3) is 6.62. The molecule has 1 N–H and O–H groups in total. The zero-order valence-corrected chi connectivity index (χ0v) is 14.7. The predicted molar refractivity (Wildman–Crippen MR) is 87.3 cm³/mol. The fraction of sp³-hybridized carbons (Fsp3) is 0.824. The molecule has 0 atom stereocenters. The minimum absolute atomic E-state index is 0.0953. The van der Waals surface area contributed by atoms with Crippen LogP contribution in [0, 0.1) is 5.92 Å². The quantitative estimate of drug-likeness (QED) is 0.625. The van der Waals surface area contributed by atoms with E-state index in [9.17, 15) is 4.79 Å². The van der Waals surface area contributed by atoms with Crippen molar-refractivity contribution in [3.05, 3.63) is 11.6 Å². The van der Waals surface area contributed by atoms with E-state index in [1.807, 2.05) is 25.9 Å². The summed E-state index contributed by atoms with van der Waals surface area (Å²) in [5.41, 5.74) is 0.919. The number of nitrogens with zero attached hydrogens (tertiary/aromatic N) is 1. The van der Waals surface area contributed by atoms with Crippen molar-refractivity contribution in [2.75, 3.05) is 27.2 Å². The summed E-state index contributed by atoms with van der Waals surface area (Å²) in [4.78, 5) is 14.0. The second-order valence-corrected chi connectivity index (χ2v) is 7.85. The van der Waals surface area contributed by atoms with Crippen LogP contribution in [0.25, 0.3) is 0 Å². The van der Waals surface area contributed by atoms with Crippen LogP contribution in [0.15, 0.2) is 11.6 Å². The molecule has 0 radical (unpaired) electrons. The summed E-state index contributed by atoms with van der Waals surface area (Å²) in [7, 11) is 3.94. The Hall–Kier alpha value is -0.870. The van der Waals surface area contributed by atoms with Gasteiger partial charge in [-0.3, -0.25) is 0 Å². The van der Waals surface area contributed by atoms with Crippen LogP contribution < -0.4 is 5.32 Å². The van der Waals surface area contributed by atoms with Gasteiger partial charge in [-0.25, -0.2) is 4.79 Å². The van der Waals surface area contributed by atoms with Gasteiger partial charge < -0.3 is 15.0 Å². The highest BCUT2D eigenvalue weighted by molar-refractivity contribution is 5.87. The zero-order chi connectivity index (χ0) is 16.3. The van der Waals surface area contributed by atoms with Crippen LogP contribution in [0.4, 0.5) is 0 Å². The Bertz CT molecular complexity index is 382. The molecule has 0 spiro atoms. The number of nitrogens with one attached hydrogen (secondary N) is 1. The smallest absolute Gasteiger partial charge is 0.333 e. The molecule has 0 aromatic heterocycles.